The molecule has 1 aliphatic rings. The highest BCUT2D eigenvalue weighted by atomic mass is 16.5. The Morgan fingerprint density at radius 3 is 2.18 bits per heavy atom. The van der Waals surface area contributed by atoms with Crippen molar-refractivity contribution < 1.29 is 24.2 Å². The van der Waals surface area contributed by atoms with Crippen LogP contribution in [0, 0.1) is 5.92 Å². The number of carbonyl (C=O) groups excluding carboxylic acids is 1. The maximum atomic E-state index is 12.5. The topological polar surface area (TPSA) is 85.2 Å². The Hall–Kier alpha value is -4.71. The molecule has 0 heterocycles. The summed E-state index contributed by atoms with van der Waals surface area (Å²) in [5.41, 5.74) is 8.29. The lowest BCUT2D eigenvalue weighted by Crippen LogP contribution is -2.08. The summed E-state index contributed by atoms with van der Waals surface area (Å²) in [6.07, 6.45) is 5.85. The van der Waals surface area contributed by atoms with E-state index in [1.165, 1.54) is 30.5 Å². The molecular formula is C39H43NO5. The zero-order valence-electron chi connectivity index (χ0n) is 27.1. The molecule has 1 fully saturated rings. The van der Waals surface area contributed by atoms with Crippen molar-refractivity contribution in [3.63, 3.8) is 0 Å². The van der Waals surface area contributed by atoms with Gasteiger partial charge in [0.15, 0.2) is 17.3 Å². The van der Waals surface area contributed by atoms with Gasteiger partial charge in [0.2, 0.25) is 0 Å². The summed E-state index contributed by atoms with van der Waals surface area (Å²) in [7, 11) is 1.66. The van der Waals surface area contributed by atoms with Gasteiger partial charge in [0, 0.05) is 22.6 Å². The van der Waals surface area contributed by atoms with Crippen molar-refractivity contribution in [1.29, 1.82) is 0 Å². The second-order valence-electron chi connectivity index (χ2n) is 11.7. The largest absolute Gasteiger partial charge is 0.493 e. The van der Waals surface area contributed by atoms with Gasteiger partial charge in [-0.2, -0.15) is 0 Å². The monoisotopic (exact) mass is 605 g/mol. The molecule has 1 saturated carbocycles. The average molecular weight is 606 g/mol. The summed E-state index contributed by atoms with van der Waals surface area (Å²) in [5, 5.41) is 9.42. The van der Waals surface area contributed by atoms with Crippen molar-refractivity contribution in [2.75, 3.05) is 7.11 Å². The third kappa shape index (κ3) is 8.69. The summed E-state index contributed by atoms with van der Waals surface area (Å²) in [6, 6.07) is 24.8. The molecule has 1 atom stereocenters. The number of Topliss-reactive ketones (excluding diaryl/α,β-unsaturated/α-hetero) is 1. The molecule has 45 heavy (non-hydrogen) atoms. The van der Waals surface area contributed by atoms with E-state index in [-0.39, 0.29) is 17.3 Å². The SMILES string of the molecule is COc1cc(CC(C)C=C2CCCC2=N/C(C)=C(C(C)=O)/C(C)=C(\C)C(=O)O)ccc1OCc1ccc(-c2ccccc2)cc1. The number of ether oxygens (including phenoxy) is 2. The number of hydrogen-bond acceptors (Lipinski definition) is 5. The highest BCUT2D eigenvalue weighted by Gasteiger charge is 2.20. The number of rotatable bonds is 12. The predicted molar refractivity (Wildman–Crippen MR) is 181 cm³/mol. The van der Waals surface area contributed by atoms with Crippen molar-refractivity contribution in [2.24, 2.45) is 10.9 Å². The van der Waals surface area contributed by atoms with Crippen molar-refractivity contribution >= 4 is 17.5 Å². The fraction of sp³-hybridized carbons (Fsp3) is 0.308. The molecule has 0 spiro atoms. The Bertz CT molecular complexity index is 1660. The van der Waals surface area contributed by atoms with Crippen molar-refractivity contribution in [3.05, 3.63) is 118 Å². The first-order valence-electron chi connectivity index (χ1n) is 15.4. The first-order valence-corrected chi connectivity index (χ1v) is 15.4. The molecule has 1 N–H and O–H groups in total. The number of benzene rings is 3. The minimum absolute atomic E-state index is 0.153. The van der Waals surface area contributed by atoms with Crippen LogP contribution in [0.4, 0.5) is 0 Å². The molecule has 1 aliphatic carbocycles. The molecule has 1 unspecified atom stereocenters. The van der Waals surface area contributed by atoms with Gasteiger partial charge >= 0.3 is 5.97 Å². The third-order valence-electron chi connectivity index (χ3n) is 8.23. The summed E-state index contributed by atoms with van der Waals surface area (Å²) < 4.78 is 11.8. The van der Waals surface area contributed by atoms with Crippen LogP contribution in [-0.4, -0.2) is 29.7 Å². The Balaban J connectivity index is 1.44. The molecular weight excluding hydrogens is 562 g/mol. The summed E-state index contributed by atoms with van der Waals surface area (Å²) in [4.78, 5) is 28.8. The van der Waals surface area contributed by atoms with Gasteiger partial charge in [-0.1, -0.05) is 73.7 Å². The average Bonchev–Trinajstić information content (AvgIpc) is 3.45. The second kappa shape index (κ2) is 15.3. The number of ketones is 1. The lowest BCUT2D eigenvalue weighted by molar-refractivity contribution is -0.132. The Kier molecular flexibility index (Phi) is 11.3. The van der Waals surface area contributed by atoms with E-state index in [0.29, 0.717) is 34.9 Å². The Labute approximate surface area is 266 Å². The highest BCUT2D eigenvalue weighted by molar-refractivity contribution is 6.05. The van der Waals surface area contributed by atoms with Gasteiger partial charge in [-0.25, -0.2) is 4.79 Å². The molecule has 0 aliphatic heterocycles. The number of hydrogen-bond donors (Lipinski definition) is 1. The second-order valence-corrected chi connectivity index (χ2v) is 11.7. The van der Waals surface area contributed by atoms with Gasteiger partial charge in [-0.3, -0.25) is 9.79 Å². The number of allylic oxidation sites excluding steroid dienone is 5. The van der Waals surface area contributed by atoms with E-state index < -0.39 is 5.97 Å². The fourth-order valence-corrected chi connectivity index (χ4v) is 5.77. The van der Waals surface area contributed by atoms with Crippen LogP contribution in [0.3, 0.4) is 0 Å². The molecule has 0 bridgehead atoms. The van der Waals surface area contributed by atoms with Crippen LogP contribution in [-0.2, 0) is 22.6 Å². The van der Waals surface area contributed by atoms with Crippen LogP contribution in [0.15, 0.2) is 112 Å². The van der Waals surface area contributed by atoms with Crippen LogP contribution in [0.5, 0.6) is 11.5 Å². The predicted octanol–water partition coefficient (Wildman–Crippen LogP) is 8.96. The Morgan fingerprint density at radius 2 is 1.53 bits per heavy atom. The first kappa shape index (κ1) is 33.2. The molecule has 3 aromatic carbocycles. The van der Waals surface area contributed by atoms with Gasteiger partial charge in [0.1, 0.15) is 6.61 Å². The van der Waals surface area contributed by atoms with Gasteiger partial charge in [-0.15, -0.1) is 0 Å². The fourth-order valence-electron chi connectivity index (χ4n) is 5.77. The quantitative estimate of drug-likeness (QED) is 0.165. The Morgan fingerprint density at radius 1 is 0.867 bits per heavy atom. The van der Waals surface area contributed by atoms with Crippen molar-refractivity contribution in [1.82, 2.24) is 0 Å². The van der Waals surface area contributed by atoms with E-state index in [9.17, 15) is 14.7 Å². The molecule has 6 nitrogen and oxygen atoms in total. The number of carbonyl (C=O) groups is 2. The van der Waals surface area contributed by atoms with E-state index in [1.807, 2.05) is 30.3 Å². The number of methoxy groups -OCH3 is 1. The summed E-state index contributed by atoms with van der Waals surface area (Å²) >= 11 is 0. The van der Waals surface area contributed by atoms with Gasteiger partial charge < -0.3 is 14.6 Å². The number of carboxylic acid groups (broad SMARTS) is 1. The van der Waals surface area contributed by atoms with Crippen molar-refractivity contribution in [3.8, 4) is 22.6 Å². The van der Waals surface area contributed by atoms with E-state index >= 15 is 0 Å². The molecule has 3 aromatic rings. The van der Waals surface area contributed by atoms with Gasteiger partial charge in [0.25, 0.3) is 0 Å². The third-order valence-corrected chi connectivity index (χ3v) is 8.23. The normalized spacial score (nSPS) is 16.7. The molecule has 0 aromatic heterocycles. The van der Waals surface area contributed by atoms with E-state index in [0.717, 1.165) is 42.5 Å². The molecule has 234 valence electrons. The van der Waals surface area contributed by atoms with E-state index in [1.54, 1.807) is 21.0 Å². The first-order chi connectivity index (χ1) is 21.6. The number of aliphatic carboxylic acids is 1. The number of carboxylic acids is 1. The zero-order valence-corrected chi connectivity index (χ0v) is 27.1. The number of aliphatic imine (C=N–C) groups is 1. The van der Waals surface area contributed by atoms with Gasteiger partial charge in [0.05, 0.1) is 7.11 Å². The summed E-state index contributed by atoms with van der Waals surface area (Å²) in [5.74, 6) is 0.432. The maximum Gasteiger partial charge on any atom is 0.331 e. The minimum atomic E-state index is -1.04. The van der Waals surface area contributed by atoms with Crippen LogP contribution in [0.2, 0.25) is 0 Å². The van der Waals surface area contributed by atoms with Gasteiger partial charge in [-0.05, 0) is 105 Å². The standard InChI is InChI=1S/C39H43NO5/c1-25(22-34-13-10-14-35(34)40-28(4)38(29(5)41)26(2)27(3)39(42)43)21-31-17-20-36(37(23-31)44-6)45-24-30-15-18-33(19-16-30)32-11-8-7-9-12-32/h7-9,11-12,15-20,22-23,25H,10,13-14,21,24H2,1-6H3,(H,42,43)/b27-26+,34-22?,38-28-,40-35?. The lowest BCUT2D eigenvalue weighted by Gasteiger charge is -2.14. The lowest BCUT2D eigenvalue weighted by atomic mass is 9.96. The molecule has 0 radical (unpaired) electrons. The summed E-state index contributed by atoms with van der Waals surface area (Å²) in [6.45, 7) is 9.06. The van der Waals surface area contributed by atoms with Crippen LogP contribution < -0.4 is 9.47 Å². The van der Waals surface area contributed by atoms with Crippen LogP contribution in [0.1, 0.15) is 65.0 Å². The smallest absolute Gasteiger partial charge is 0.331 e. The minimum Gasteiger partial charge on any atom is -0.493 e. The molecule has 4 rings (SSSR count). The van der Waals surface area contributed by atoms with E-state index in [2.05, 4.69) is 55.5 Å². The molecule has 0 amide bonds. The van der Waals surface area contributed by atoms with Crippen molar-refractivity contribution in [2.45, 2.75) is 66.9 Å². The highest BCUT2D eigenvalue weighted by Crippen LogP contribution is 2.32. The molecule has 6 heteroatoms. The zero-order chi connectivity index (χ0) is 32.5. The van der Waals surface area contributed by atoms with Crippen LogP contribution in [0.25, 0.3) is 11.1 Å². The van der Waals surface area contributed by atoms with Crippen LogP contribution >= 0.6 is 0 Å². The molecule has 0 saturated heterocycles. The van der Waals surface area contributed by atoms with E-state index in [4.69, 9.17) is 14.5 Å². The number of nitrogens with zero attached hydrogens (tertiary/aromatic N) is 1. The maximum absolute atomic E-state index is 12.5.